The molecule has 0 saturated carbocycles. The summed E-state index contributed by atoms with van der Waals surface area (Å²) in [7, 11) is 0. The van der Waals surface area contributed by atoms with Crippen LogP contribution in [0, 0.1) is 13.8 Å². The summed E-state index contributed by atoms with van der Waals surface area (Å²) in [6.07, 6.45) is 2.17. The third-order valence-corrected chi connectivity index (χ3v) is 5.44. The summed E-state index contributed by atoms with van der Waals surface area (Å²) >= 11 is 0. The van der Waals surface area contributed by atoms with Gasteiger partial charge in [-0.25, -0.2) is 4.79 Å². The van der Waals surface area contributed by atoms with E-state index in [1.807, 2.05) is 69.3 Å². The molecule has 0 bridgehead atoms. The maximum Gasteiger partial charge on any atom is 0.325 e. The molecule has 1 heterocycles. The van der Waals surface area contributed by atoms with Crippen LogP contribution >= 0.6 is 0 Å². The fourth-order valence-electron chi connectivity index (χ4n) is 3.61. The largest absolute Gasteiger partial charge is 0.325 e. The third-order valence-electron chi connectivity index (χ3n) is 5.44. The summed E-state index contributed by atoms with van der Waals surface area (Å²) in [6, 6.07) is 14.3. The average Bonchev–Trinajstić information content (AvgIpc) is 2.95. The summed E-state index contributed by atoms with van der Waals surface area (Å²) in [5.74, 6) is -0.784. The van der Waals surface area contributed by atoms with E-state index in [-0.39, 0.29) is 12.5 Å². The Morgan fingerprint density at radius 1 is 1.07 bits per heavy atom. The summed E-state index contributed by atoms with van der Waals surface area (Å²) < 4.78 is 0. The standard InChI is InChI=1S/C23H27N3O3/c1-4-5-13-23(18-9-7-6-8-10-18)21(28)26(22(29)25-23)15-20(27)24-19-12-11-16(2)17(3)14-19/h6-12,14H,4-5,13,15H2,1-3H3,(H,24,27)(H,25,29). The molecule has 6 nitrogen and oxygen atoms in total. The van der Waals surface area contributed by atoms with Crippen molar-refractivity contribution in [2.45, 2.75) is 45.6 Å². The zero-order valence-corrected chi connectivity index (χ0v) is 17.1. The number of carbonyl (C=O) groups is 3. The van der Waals surface area contributed by atoms with Crippen LogP contribution in [0.4, 0.5) is 10.5 Å². The highest BCUT2D eigenvalue weighted by atomic mass is 16.2. The lowest BCUT2D eigenvalue weighted by atomic mass is 9.85. The van der Waals surface area contributed by atoms with Crippen molar-refractivity contribution in [3.63, 3.8) is 0 Å². The van der Waals surface area contributed by atoms with Crippen LogP contribution < -0.4 is 10.6 Å². The molecular weight excluding hydrogens is 366 g/mol. The van der Waals surface area contributed by atoms with E-state index in [1.165, 1.54) is 0 Å². The number of rotatable bonds is 7. The fraction of sp³-hybridized carbons (Fsp3) is 0.348. The van der Waals surface area contributed by atoms with Crippen molar-refractivity contribution in [1.82, 2.24) is 10.2 Å². The molecular formula is C23H27N3O3. The third kappa shape index (κ3) is 4.16. The van der Waals surface area contributed by atoms with Gasteiger partial charge in [0.25, 0.3) is 5.91 Å². The molecule has 0 aromatic heterocycles. The number of nitrogens with zero attached hydrogens (tertiary/aromatic N) is 1. The van der Waals surface area contributed by atoms with Crippen molar-refractivity contribution in [3.05, 3.63) is 65.2 Å². The number of aryl methyl sites for hydroxylation is 2. The molecule has 0 aliphatic carbocycles. The monoisotopic (exact) mass is 393 g/mol. The lowest BCUT2D eigenvalue weighted by Gasteiger charge is -2.27. The molecule has 1 unspecified atom stereocenters. The van der Waals surface area contributed by atoms with Gasteiger partial charge in [-0.3, -0.25) is 14.5 Å². The van der Waals surface area contributed by atoms with Crippen molar-refractivity contribution in [2.24, 2.45) is 0 Å². The number of imide groups is 1. The first-order valence-corrected chi connectivity index (χ1v) is 9.94. The van der Waals surface area contributed by atoms with E-state index < -0.39 is 17.5 Å². The number of anilines is 1. The van der Waals surface area contributed by atoms with Crippen LogP contribution in [0.5, 0.6) is 0 Å². The molecule has 4 amide bonds. The normalized spacial score (nSPS) is 18.7. The molecule has 29 heavy (non-hydrogen) atoms. The molecule has 1 saturated heterocycles. The molecule has 2 aromatic rings. The molecule has 1 fully saturated rings. The van der Waals surface area contributed by atoms with E-state index in [2.05, 4.69) is 10.6 Å². The first kappa shape index (κ1) is 20.6. The number of nitrogens with one attached hydrogen (secondary N) is 2. The van der Waals surface area contributed by atoms with Crippen molar-refractivity contribution in [1.29, 1.82) is 0 Å². The molecule has 3 rings (SSSR count). The Morgan fingerprint density at radius 2 is 1.79 bits per heavy atom. The summed E-state index contributed by atoms with van der Waals surface area (Å²) in [4.78, 5) is 39.5. The highest BCUT2D eigenvalue weighted by molar-refractivity contribution is 6.10. The second-order valence-electron chi connectivity index (χ2n) is 7.54. The first-order chi connectivity index (χ1) is 13.9. The van der Waals surface area contributed by atoms with E-state index >= 15 is 0 Å². The summed E-state index contributed by atoms with van der Waals surface area (Å²) in [6.45, 7) is 5.67. The highest BCUT2D eigenvalue weighted by Crippen LogP contribution is 2.34. The smallest absolute Gasteiger partial charge is 0.325 e. The maximum absolute atomic E-state index is 13.3. The van der Waals surface area contributed by atoms with Crippen LogP contribution in [-0.2, 0) is 15.1 Å². The van der Waals surface area contributed by atoms with Gasteiger partial charge in [-0.2, -0.15) is 0 Å². The zero-order chi connectivity index (χ0) is 21.0. The van der Waals surface area contributed by atoms with Gasteiger partial charge >= 0.3 is 6.03 Å². The molecule has 2 N–H and O–H groups in total. The first-order valence-electron chi connectivity index (χ1n) is 9.94. The van der Waals surface area contributed by atoms with Crippen LogP contribution in [0.15, 0.2) is 48.5 Å². The van der Waals surface area contributed by atoms with E-state index in [9.17, 15) is 14.4 Å². The van der Waals surface area contributed by atoms with Gasteiger partial charge < -0.3 is 10.6 Å². The Kier molecular flexibility index (Phi) is 6.01. The number of benzene rings is 2. The number of hydrogen-bond donors (Lipinski definition) is 2. The summed E-state index contributed by atoms with van der Waals surface area (Å²) in [5, 5.41) is 5.64. The Bertz CT molecular complexity index is 926. The van der Waals surface area contributed by atoms with Crippen molar-refractivity contribution >= 4 is 23.5 Å². The van der Waals surface area contributed by atoms with Crippen LogP contribution in [0.2, 0.25) is 0 Å². The molecule has 1 aliphatic heterocycles. The van der Waals surface area contributed by atoms with Crippen LogP contribution in [0.1, 0.15) is 42.9 Å². The van der Waals surface area contributed by atoms with E-state index in [4.69, 9.17) is 0 Å². The van der Waals surface area contributed by atoms with Gasteiger partial charge in [0.05, 0.1) is 0 Å². The van der Waals surface area contributed by atoms with Gasteiger partial charge in [0.1, 0.15) is 12.1 Å². The maximum atomic E-state index is 13.3. The number of amides is 4. The lowest BCUT2D eigenvalue weighted by Crippen LogP contribution is -2.44. The van der Waals surface area contributed by atoms with Crippen molar-refractivity contribution in [2.75, 3.05) is 11.9 Å². The van der Waals surface area contributed by atoms with Gasteiger partial charge in [0.2, 0.25) is 5.91 Å². The minimum Gasteiger partial charge on any atom is -0.325 e. The van der Waals surface area contributed by atoms with E-state index in [1.54, 1.807) is 0 Å². The predicted molar refractivity (Wildman–Crippen MR) is 112 cm³/mol. The van der Waals surface area contributed by atoms with Gasteiger partial charge in [0, 0.05) is 5.69 Å². The number of carbonyl (C=O) groups excluding carboxylic acids is 3. The Morgan fingerprint density at radius 3 is 2.45 bits per heavy atom. The fourth-order valence-corrected chi connectivity index (χ4v) is 3.61. The van der Waals surface area contributed by atoms with Gasteiger partial charge in [-0.1, -0.05) is 56.2 Å². The predicted octanol–water partition coefficient (Wildman–Crippen LogP) is 3.88. The van der Waals surface area contributed by atoms with Gasteiger partial charge in [0.15, 0.2) is 0 Å². The quantitative estimate of drug-likeness (QED) is 0.701. The molecule has 152 valence electrons. The van der Waals surface area contributed by atoms with Gasteiger partial charge in [-0.05, 0) is 49.1 Å². The molecule has 1 atom stereocenters. The molecule has 6 heteroatoms. The topological polar surface area (TPSA) is 78.5 Å². The lowest BCUT2D eigenvalue weighted by molar-refractivity contribution is -0.134. The number of urea groups is 1. The average molecular weight is 393 g/mol. The van der Waals surface area contributed by atoms with Crippen LogP contribution in [-0.4, -0.2) is 29.3 Å². The summed E-state index contributed by atoms with van der Waals surface area (Å²) in [5.41, 5.74) is 2.45. The van der Waals surface area contributed by atoms with Crippen molar-refractivity contribution in [3.8, 4) is 0 Å². The Labute approximate surface area is 171 Å². The van der Waals surface area contributed by atoms with Crippen LogP contribution in [0.25, 0.3) is 0 Å². The van der Waals surface area contributed by atoms with Gasteiger partial charge in [-0.15, -0.1) is 0 Å². The number of unbranched alkanes of at least 4 members (excludes halogenated alkanes) is 1. The highest BCUT2D eigenvalue weighted by Gasteiger charge is 2.52. The molecule has 2 aromatic carbocycles. The van der Waals surface area contributed by atoms with Crippen molar-refractivity contribution < 1.29 is 14.4 Å². The zero-order valence-electron chi connectivity index (χ0n) is 17.1. The van der Waals surface area contributed by atoms with E-state index in [0.29, 0.717) is 12.1 Å². The molecule has 1 aliphatic rings. The second-order valence-corrected chi connectivity index (χ2v) is 7.54. The SMILES string of the molecule is CCCCC1(c2ccccc2)NC(=O)N(CC(=O)Nc2ccc(C)c(C)c2)C1=O. The van der Waals surface area contributed by atoms with E-state index in [0.717, 1.165) is 34.4 Å². The minimum atomic E-state index is -1.12. The Hall–Kier alpha value is -3.15. The van der Waals surface area contributed by atoms with Crippen LogP contribution in [0.3, 0.4) is 0 Å². The Balaban J connectivity index is 1.79. The molecule has 0 radical (unpaired) electrons. The second kappa shape index (κ2) is 8.47. The number of hydrogen-bond acceptors (Lipinski definition) is 3. The minimum absolute atomic E-state index is 0.321. The molecule has 0 spiro atoms.